The minimum absolute atomic E-state index is 0.129. The number of nitrogens with two attached hydrogens (primary N) is 1. The molecular formula is C21H20N4O6S. The molecule has 0 aliphatic heterocycles. The number of nitro benzene ring substituents is 1. The Hall–Kier alpha value is -3.60. The van der Waals surface area contributed by atoms with Crippen molar-refractivity contribution in [2.45, 2.75) is 38.7 Å². The van der Waals surface area contributed by atoms with E-state index in [0.717, 1.165) is 55.1 Å². The van der Waals surface area contributed by atoms with Crippen molar-refractivity contribution in [3.05, 3.63) is 55.7 Å². The van der Waals surface area contributed by atoms with E-state index >= 15 is 0 Å². The number of nitrogens with zero attached hydrogens (tertiary/aromatic N) is 3. The molecule has 2 N–H and O–H groups in total. The number of carbonyl (C=O) groups excluding carboxylic acids is 2. The second-order valence-electron chi connectivity index (χ2n) is 7.36. The smallest absolute Gasteiger partial charge is 0.338 e. The summed E-state index contributed by atoms with van der Waals surface area (Å²) in [6.45, 7) is -0.266. The van der Waals surface area contributed by atoms with Crippen molar-refractivity contribution in [2.24, 2.45) is 0 Å². The number of benzene rings is 1. The van der Waals surface area contributed by atoms with Crippen molar-refractivity contribution >= 4 is 45.0 Å². The van der Waals surface area contributed by atoms with Crippen molar-refractivity contribution in [3.63, 3.8) is 0 Å². The quantitative estimate of drug-likeness (QED) is 0.263. The van der Waals surface area contributed by atoms with Gasteiger partial charge in [0, 0.05) is 17.0 Å². The van der Waals surface area contributed by atoms with E-state index in [1.165, 1.54) is 22.9 Å². The molecule has 4 rings (SSSR count). The molecule has 10 nitrogen and oxygen atoms in total. The zero-order chi connectivity index (χ0) is 22.8. The summed E-state index contributed by atoms with van der Waals surface area (Å²) < 4.78 is 9.84. The molecule has 3 aromatic rings. The Kier molecular flexibility index (Phi) is 5.99. The zero-order valence-corrected chi connectivity index (χ0v) is 18.1. The number of aryl methyl sites for hydroxylation is 2. The molecule has 0 spiro atoms. The predicted octanol–water partition coefficient (Wildman–Crippen LogP) is 3.59. The summed E-state index contributed by atoms with van der Waals surface area (Å²) in [6, 6.07) is 3.24. The Morgan fingerprint density at radius 3 is 2.56 bits per heavy atom. The van der Waals surface area contributed by atoms with E-state index in [-0.39, 0.29) is 23.6 Å². The molecule has 0 saturated heterocycles. The molecule has 0 atom stereocenters. The number of aromatic nitrogens is 2. The third-order valence-corrected chi connectivity index (χ3v) is 6.44. The summed E-state index contributed by atoms with van der Waals surface area (Å²) in [4.78, 5) is 45.6. The average Bonchev–Trinajstić information content (AvgIpc) is 2.98. The Morgan fingerprint density at radius 2 is 1.84 bits per heavy atom. The molecule has 2 heterocycles. The van der Waals surface area contributed by atoms with Gasteiger partial charge in [0.05, 0.1) is 28.5 Å². The molecule has 1 aliphatic rings. The van der Waals surface area contributed by atoms with E-state index in [1.54, 1.807) is 11.3 Å². The van der Waals surface area contributed by atoms with Crippen LogP contribution >= 0.6 is 11.3 Å². The molecule has 0 unspecified atom stereocenters. The molecule has 166 valence electrons. The first-order valence-corrected chi connectivity index (χ1v) is 10.8. The van der Waals surface area contributed by atoms with Crippen LogP contribution in [0.5, 0.6) is 0 Å². The molecule has 1 aromatic carbocycles. The van der Waals surface area contributed by atoms with Crippen LogP contribution in [0.4, 0.5) is 11.5 Å². The van der Waals surface area contributed by atoms with Gasteiger partial charge in [0.1, 0.15) is 10.6 Å². The SMILES string of the molecule is COC(=O)c1cc(C(=O)OCc2nc(N)c3c4c(sc3n2)CCCCC4)cc([N+](=O)[O-])c1. The number of nitrogen functional groups attached to an aromatic ring is 1. The lowest BCUT2D eigenvalue weighted by atomic mass is 10.1. The van der Waals surface area contributed by atoms with Gasteiger partial charge in [0.25, 0.3) is 5.69 Å². The molecule has 0 bridgehead atoms. The average molecular weight is 456 g/mol. The fourth-order valence-corrected chi connectivity index (χ4v) is 5.04. The van der Waals surface area contributed by atoms with Gasteiger partial charge in [0.2, 0.25) is 0 Å². The number of fused-ring (bicyclic) bond motifs is 3. The Labute approximate surface area is 186 Å². The van der Waals surface area contributed by atoms with Crippen LogP contribution in [0.15, 0.2) is 18.2 Å². The van der Waals surface area contributed by atoms with Gasteiger partial charge in [-0.1, -0.05) is 6.42 Å². The lowest BCUT2D eigenvalue weighted by molar-refractivity contribution is -0.384. The van der Waals surface area contributed by atoms with Crippen molar-refractivity contribution in [1.29, 1.82) is 0 Å². The number of esters is 2. The van der Waals surface area contributed by atoms with Gasteiger partial charge in [-0.25, -0.2) is 19.6 Å². The number of rotatable bonds is 5. The van der Waals surface area contributed by atoms with Gasteiger partial charge in [-0.2, -0.15) is 0 Å². The number of hydrogen-bond acceptors (Lipinski definition) is 10. The highest BCUT2D eigenvalue weighted by Gasteiger charge is 2.21. The number of hydrogen-bond donors (Lipinski definition) is 1. The number of non-ortho nitro benzene ring substituents is 1. The van der Waals surface area contributed by atoms with Crippen LogP contribution in [-0.4, -0.2) is 33.9 Å². The Morgan fingerprint density at radius 1 is 1.12 bits per heavy atom. The highest BCUT2D eigenvalue weighted by Crippen LogP contribution is 2.37. The maximum absolute atomic E-state index is 12.5. The zero-order valence-electron chi connectivity index (χ0n) is 17.3. The van der Waals surface area contributed by atoms with Gasteiger partial charge in [-0.05, 0) is 37.3 Å². The molecule has 0 amide bonds. The van der Waals surface area contributed by atoms with Gasteiger partial charge in [0.15, 0.2) is 12.4 Å². The maximum atomic E-state index is 12.5. The Balaban J connectivity index is 1.57. The van der Waals surface area contributed by atoms with E-state index in [9.17, 15) is 19.7 Å². The maximum Gasteiger partial charge on any atom is 0.338 e. The van der Waals surface area contributed by atoms with E-state index in [1.807, 2.05) is 0 Å². The number of ether oxygens (including phenoxy) is 2. The lowest BCUT2D eigenvalue weighted by Crippen LogP contribution is -2.11. The summed E-state index contributed by atoms with van der Waals surface area (Å²) in [7, 11) is 1.14. The monoisotopic (exact) mass is 456 g/mol. The fourth-order valence-electron chi connectivity index (χ4n) is 3.76. The number of thiophene rings is 1. The normalized spacial score (nSPS) is 13.3. The largest absolute Gasteiger partial charge is 0.465 e. The number of nitro groups is 1. The van der Waals surface area contributed by atoms with Crippen molar-refractivity contribution < 1.29 is 24.0 Å². The van der Waals surface area contributed by atoms with Gasteiger partial charge >= 0.3 is 11.9 Å². The molecule has 0 fully saturated rings. The highest BCUT2D eigenvalue weighted by molar-refractivity contribution is 7.19. The molecule has 32 heavy (non-hydrogen) atoms. The third-order valence-electron chi connectivity index (χ3n) is 5.26. The van der Waals surface area contributed by atoms with Crippen LogP contribution in [0.2, 0.25) is 0 Å². The topological polar surface area (TPSA) is 148 Å². The van der Waals surface area contributed by atoms with Crippen molar-refractivity contribution in [2.75, 3.05) is 12.8 Å². The van der Waals surface area contributed by atoms with Crippen molar-refractivity contribution in [1.82, 2.24) is 9.97 Å². The van der Waals surface area contributed by atoms with E-state index in [4.69, 9.17) is 10.5 Å². The summed E-state index contributed by atoms with van der Waals surface area (Å²) >= 11 is 1.59. The summed E-state index contributed by atoms with van der Waals surface area (Å²) in [5.41, 5.74) is 6.71. The fraction of sp³-hybridized carbons (Fsp3) is 0.333. The van der Waals surface area contributed by atoms with Crippen LogP contribution < -0.4 is 5.73 Å². The van der Waals surface area contributed by atoms with E-state index in [2.05, 4.69) is 14.7 Å². The van der Waals surface area contributed by atoms with Crippen LogP contribution in [0.1, 0.15) is 56.2 Å². The van der Waals surface area contributed by atoms with E-state index < -0.39 is 22.5 Å². The van der Waals surface area contributed by atoms with Crippen LogP contribution in [0, 0.1) is 10.1 Å². The first kappa shape index (κ1) is 21.6. The van der Waals surface area contributed by atoms with Crippen LogP contribution in [0.25, 0.3) is 10.2 Å². The minimum atomic E-state index is -0.858. The van der Waals surface area contributed by atoms with Gasteiger partial charge in [-0.3, -0.25) is 10.1 Å². The van der Waals surface area contributed by atoms with Crippen LogP contribution in [-0.2, 0) is 28.9 Å². The second kappa shape index (κ2) is 8.87. The predicted molar refractivity (Wildman–Crippen MR) is 117 cm³/mol. The third kappa shape index (κ3) is 4.24. The summed E-state index contributed by atoms with van der Waals surface area (Å²) in [5.74, 6) is -1.08. The van der Waals surface area contributed by atoms with E-state index in [0.29, 0.717) is 5.82 Å². The molecule has 2 aromatic heterocycles. The van der Waals surface area contributed by atoms with Gasteiger partial charge < -0.3 is 15.2 Å². The highest BCUT2D eigenvalue weighted by atomic mass is 32.1. The first-order chi connectivity index (χ1) is 15.4. The molecule has 0 radical (unpaired) electrons. The summed E-state index contributed by atoms with van der Waals surface area (Å²) in [6.07, 6.45) is 5.37. The number of methoxy groups -OCH3 is 1. The standard InChI is InChI=1S/C21H20N4O6S/c1-30-20(26)11-7-12(9-13(8-11)25(28)29)21(27)31-10-16-23-18(22)17-14-5-3-2-4-6-15(14)32-19(17)24-16/h7-9H,2-6,10H2,1H3,(H2,22,23,24). The molecule has 1 aliphatic carbocycles. The van der Waals surface area contributed by atoms with Gasteiger partial charge in [-0.15, -0.1) is 11.3 Å². The summed E-state index contributed by atoms with van der Waals surface area (Å²) in [5, 5.41) is 12.0. The Bertz CT molecular complexity index is 1240. The minimum Gasteiger partial charge on any atom is -0.465 e. The molecule has 11 heteroatoms. The number of carbonyl (C=O) groups is 2. The first-order valence-electron chi connectivity index (χ1n) is 9.99. The molecular weight excluding hydrogens is 436 g/mol. The second-order valence-corrected chi connectivity index (χ2v) is 8.45. The van der Waals surface area contributed by atoms with Crippen LogP contribution in [0.3, 0.4) is 0 Å². The number of anilines is 1. The van der Waals surface area contributed by atoms with Crippen molar-refractivity contribution in [3.8, 4) is 0 Å². The lowest BCUT2D eigenvalue weighted by Gasteiger charge is -2.07. The molecule has 0 saturated carbocycles.